The molecule has 0 radical (unpaired) electrons. The number of carbonyl (C=O) groups is 1. The third kappa shape index (κ3) is 4.54. The quantitative estimate of drug-likeness (QED) is 0.759. The van der Waals surface area contributed by atoms with Crippen LogP contribution in [0.2, 0.25) is 0 Å². The second-order valence-electron chi connectivity index (χ2n) is 3.63. The largest absolute Gasteiger partial charge is 0.389 e. The third-order valence-corrected chi connectivity index (χ3v) is 3.91. The first-order valence-corrected chi connectivity index (χ1v) is 7.47. The second-order valence-corrected chi connectivity index (χ2v) is 5.94. The van der Waals surface area contributed by atoms with Crippen LogP contribution in [-0.4, -0.2) is 33.2 Å². The number of benzene rings is 1. The van der Waals surface area contributed by atoms with Crippen molar-refractivity contribution in [3.05, 3.63) is 35.4 Å². The van der Waals surface area contributed by atoms with Gasteiger partial charge >= 0.3 is 0 Å². The predicted octanol–water partition coefficient (Wildman–Crippen LogP) is 0.819. The summed E-state index contributed by atoms with van der Waals surface area (Å²) in [4.78, 5) is 12.0. The highest BCUT2D eigenvalue weighted by atomic mass is 32.2. The molecule has 1 atom stereocenters. The van der Waals surface area contributed by atoms with Gasteiger partial charge in [-0.3, -0.25) is 9.00 Å². The van der Waals surface area contributed by atoms with Crippen molar-refractivity contribution in [2.24, 2.45) is 5.73 Å². The predicted molar refractivity (Wildman–Crippen MR) is 78.2 cm³/mol. The van der Waals surface area contributed by atoms with Crippen LogP contribution in [0.1, 0.15) is 22.8 Å². The first-order chi connectivity index (χ1) is 8.54. The Morgan fingerprint density at radius 1 is 1.33 bits per heavy atom. The van der Waals surface area contributed by atoms with E-state index in [9.17, 15) is 9.00 Å². The van der Waals surface area contributed by atoms with Gasteiger partial charge in [-0.15, -0.1) is 0 Å². The maximum atomic E-state index is 11.7. The number of amides is 1. The molecule has 0 fully saturated rings. The van der Waals surface area contributed by atoms with E-state index in [0.29, 0.717) is 28.6 Å². The van der Waals surface area contributed by atoms with Crippen LogP contribution in [0.5, 0.6) is 0 Å². The monoisotopic (exact) mass is 284 g/mol. The van der Waals surface area contributed by atoms with Crippen molar-refractivity contribution in [2.75, 3.05) is 18.1 Å². The summed E-state index contributed by atoms with van der Waals surface area (Å²) in [6.45, 7) is 2.27. The highest BCUT2D eigenvalue weighted by molar-refractivity contribution is 7.84. The van der Waals surface area contributed by atoms with Crippen molar-refractivity contribution in [3.8, 4) is 0 Å². The fraction of sp³-hybridized carbons (Fsp3) is 0.333. The molecule has 1 amide bonds. The Labute approximate surface area is 114 Å². The summed E-state index contributed by atoms with van der Waals surface area (Å²) in [5, 5.41) is 2.72. The zero-order valence-electron chi connectivity index (χ0n) is 10.1. The molecule has 1 aromatic carbocycles. The van der Waals surface area contributed by atoms with Crippen LogP contribution in [0.3, 0.4) is 0 Å². The summed E-state index contributed by atoms with van der Waals surface area (Å²) in [5.74, 6) is 0.906. The topological polar surface area (TPSA) is 72.2 Å². The second kappa shape index (κ2) is 7.23. The normalized spacial score (nSPS) is 11.8. The van der Waals surface area contributed by atoms with Gasteiger partial charge in [0.15, 0.2) is 0 Å². The lowest BCUT2D eigenvalue weighted by Crippen LogP contribution is -2.28. The lowest BCUT2D eigenvalue weighted by atomic mass is 10.1. The third-order valence-electron chi connectivity index (χ3n) is 2.37. The zero-order chi connectivity index (χ0) is 13.5. The van der Waals surface area contributed by atoms with Crippen molar-refractivity contribution in [2.45, 2.75) is 6.92 Å². The molecule has 1 rings (SSSR count). The maximum Gasteiger partial charge on any atom is 0.251 e. The van der Waals surface area contributed by atoms with Crippen LogP contribution in [0.15, 0.2) is 24.3 Å². The summed E-state index contributed by atoms with van der Waals surface area (Å²) in [5.41, 5.74) is 6.74. The van der Waals surface area contributed by atoms with E-state index in [4.69, 9.17) is 18.0 Å². The van der Waals surface area contributed by atoms with Crippen molar-refractivity contribution in [3.63, 3.8) is 0 Å². The van der Waals surface area contributed by atoms with Gasteiger partial charge in [0.25, 0.3) is 5.91 Å². The molecule has 0 saturated heterocycles. The molecule has 0 aliphatic rings. The Balaban J connectivity index is 2.51. The van der Waals surface area contributed by atoms with E-state index in [1.54, 1.807) is 24.3 Å². The van der Waals surface area contributed by atoms with Crippen LogP contribution in [-0.2, 0) is 10.8 Å². The Bertz CT molecular complexity index is 458. The lowest BCUT2D eigenvalue weighted by molar-refractivity contribution is 0.0956. The molecular weight excluding hydrogens is 268 g/mol. The number of rotatable bonds is 6. The van der Waals surface area contributed by atoms with Crippen LogP contribution in [0.25, 0.3) is 0 Å². The molecule has 98 valence electrons. The summed E-state index contributed by atoms with van der Waals surface area (Å²) in [7, 11) is -0.858. The van der Waals surface area contributed by atoms with Crippen LogP contribution in [0, 0.1) is 0 Å². The van der Waals surface area contributed by atoms with E-state index in [-0.39, 0.29) is 5.91 Å². The van der Waals surface area contributed by atoms with E-state index in [0.717, 1.165) is 5.56 Å². The standard InChI is InChI=1S/C12H16N2O2S2/c1-2-18(16)8-7-14-12(15)10-5-3-9(4-6-10)11(13)17/h3-6H,2,7-8H2,1H3,(H2,13,17)(H,14,15). The summed E-state index contributed by atoms with van der Waals surface area (Å²) >= 11 is 4.83. The molecule has 0 heterocycles. The van der Waals surface area contributed by atoms with Crippen molar-refractivity contribution < 1.29 is 9.00 Å². The maximum absolute atomic E-state index is 11.7. The molecule has 0 aliphatic heterocycles. The first kappa shape index (κ1) is 14.8. The SMILES string of the molecule is CCS(=O)CCNC(=O)c1ccc(C(N)=S)cc1. The van der Waals surface area contributed by atoms with Crippen LogP contribution in [0.4, 0.5) is 0 Å². The molecule has 0 saturated carbocycles. The van der Waals surface area contributed by atoms with Gasteiger partial charge in [-0.25, -0.2) is 0 Å². The molecule has 1 unspecified atom stereocenters. The van der Waals surface area contributed by atoms with Gasteiger partial charge in [0.2, 0.25) is 0 Å². The zero-order valence-corrected chi connectivity index (χ0v) is 11.8. The van der Waals surface area contributed by atoms with Gasteiger partial charge in [-0.05, 0) is 12.1 Å². The Hall–Kier alpha value is -1.27. The van der Waals surface area contributed by atoms with Gasteiger partial charge in [-0.1, -0.05) is 31.3 Å². The molecule has 0 aromatic heterocycles. The number of hydrogen-bond donors (Lipinski definition) is 2. The first-order valence-electron chi connectivity index (χ1n) is 5.57. The van der Waals surface area contributed by atoms with Crippen molar-refractivity contribution in [1.82, 2.24) is 5.32 Å². The molecule has 6 heteroatoms. The molecule has 3 N–H and O–H groups in total. The van der Waals surface area contributed by atoms with Crippen molar-refractivity contribution in [1.29, 1.82) is 0 Å². The molecular formula is C12H16N2O2S2. The minimum Gasteiger partial charge on any atom is -0.389 e. The summed E-state index contributed by atoms with van der Waals surface area (Å²) in [6, 6.07) is 6.75. The van der Waals surface area contributed by atoms with Crippen LogP contribution >= 0.6 is 12.2 Å². The molecule has 1 aromatic rings. The lowest BCUT2D eigenvalue weighted by Gasteiger charge is -2.05. The van der Waals surface area contributed by atoms with Crippen molar-refractivity contribution >= 4 is 33.9 Å². The highest BCUT2D eigenvalue weighted by Gasteiger charge is 2.06. The van der Waals surface area contributed by atoms with E-state index >= 15 is 0 Å². The number of hydrogen-bond acceptors (Lipinski definition) is 3. The molecule has 4 nitrogen and oxygen atoms in total. The smallest absolute Gasteiger partial charge is 0.251 e. The molecule has 0 bridgehead atoms. The van der Waals surface area contributed by atoms with E-state index in [2.05, 4.69) is 5.32 Å². The fourth-order valence-electron chi connectivity index (χ4n) is 1.31. The minimum atomic E-state index is -0.858. The van der Waals surface area contributed by atoms with Gasteiger partial charge < -0.3 is 11.1 Å². The Morgan fingerprint density at radius 2 is 1.89 bits per heavy atom. The number of nitrogens with one attached hydrogen (secondary N) is 1. The Kier molecular flexibility index (Phi) is 5.94. The fourth-order valence-corrected chi connectivity index (χ4v) is 2.07. The summed E-state index contributed by atoms with van der Waals surface area (Å²) < 4.78 is 11.2. The average molecular weight is 284 g/mol. The molecule has 18 heavy (non-hydrogen) atoms. The molecule has 0 spiro atoms. The van der Waals surface area contributed by atoms with Gasteiger partial charge in [0.05, 0.1) is 0 Å². The minimum absolute atomic E-state index is 0.183. The average Bonchev–Trinajstić information content (AvgIpc) is 2.38. The highest BCUT2D eigenvalue weighted by Crippen LogP contribution is 2.04. The van der Waals surface area contributed by atoms with E-state index in [1.807, 2.05) is 6.92 Å². The van der Waals surface area contributed by atoms with Gasteiger partial charge in [0, 0.05) is 40.0 Å². The summed E-state index contributed by atoms with van der Waals surface area (Å²) in [6.07, 6.45) is 0. The van der Waals surface area contributed by atoms with E-state index in [1.165, 1.54) is 0 Å². The number of nitrogens with two attached hydrogens (primary N) is 1. The Morgan fingerprint density at radius 3 is 2.39 bits per heavy atom. The number of carbonyl (C=O) groups excluding carboxylic acids is 1. The van der Waals surface area contributed by atoms with Crippen LogP contribution < -0.4 is 11.1 Å². The van der Waals surface area contributed by atoms with Gasteiger partial charge in [0.1, 0.15) is 4.99 Å². The number of thiocarbonyl (C=S) groups is 1. The van der Waals surface area contributed by atoms with Gasteiger partial charge in [-0.2, -0.15) is 0 Å². The van der Waals surface area contributed by atoms with E-state index < -0.39 is 10.8 Å². The molecule has 0 aliphatic carbocycles.